The van der Waals surface area contributed by atoms with E-state index in [1.54, 1.807) is 0 Å². The van der Waals surface area contributed by atoms with E-state index in [0.717, 1.165) is 23.8 Å². The van der Waals surface area contributed by atoms with Crippen LogP contribution < -0.4 is 4.74 Å². The molecule has 0 unspecified atom stereocenters. The van der Waals surface area contributed by atoms with E-state index in [-0.39, 0.29) is 22.2 Å². The molecule has 0 saturated heterocycles. The van der Waals surface area contributed by atoms with Gasteiger partial charge in [-0.3, -0.25) is 10.1 Å². The smallest absolute Gasteiger partial charge is 0.416 e. The van der Waals surface area contributed by atoms with E-state index in [0.29, 0.717) is 10.6 Å². The molecule has 29 heavy (non-hydrogen) atoms. The number of halogens is 4. The van der Waals surface area contributed by atoms with Crippen molar-refractivity contribution in [3.8, 4) is 11.5 Å². The van der Waals surface area contributed by atoms with Crippen molar-refractivity contribution in [1.29, 1.82) is 0 Å². The van der Waals surface area contributed by atoms with Crippen LogP contribution in [0.1, 0.15) is 11.1 Å². The molecule has 0 aromatic heterocycles. The summed E-state index contributed by atoms with van der Waals surface area (Å²) >= 11 is 7.17. The van der Waals surface area contributed by atoms with Crippen LogP contribution in [0, 0.1) is 10.1 Å². The minimum atomic E-state index is -4.52. The Kier molecular flexibility index (Phi) is 6.34. The summed E-state index contributed by atoms with van der Waals surface area (Å²) in [6.45, 7) is 0. The molecule has 9 heteroatoms. The van der Waals surface area contributed by atoms with Crippen molar-refractivity contribution in [1.82, 2.24) is 0 Å². The van der Waals surface area contributed by atoms with Crippen LogP contribution in [0.3, 0.4) is 0 Å². The summed E-state index contributed by atoms with van der Waals surface area (Å²) < 4.78 is 43.8. The molecule has 0 spiro atoms. The summed E-state index contributed by atoms with van der Waals surface area (Å²) in [5.74, 6) is 0.756. The predicted octanol–water partition coefficient (Wildman–Crippen LogP) is 7.35. The average Bonchev–Trinajstić information content (AvgIpc) is 2.68. The zero-order valence-corrected chi connectivity index (χ0v) is 16.2. The number of nitro benzene ring substituents is 1. The molecule has 3 aromatic rings. The zero-order chi connectivity index (χ0) is 21.0. The van der Waals surface area contributed by atoms with Crippen LogP contribution in [-0.4, -0.2) is 4.92 Å². The minimum absolute atomic E-state index is 0.0209. The number of nitrogens with zero attached hydrogens (tertiary/aromatic N) is 1. The van der Waals surface area contributed by atoms with E-state index in [1.165, 1.54) is 30.0 Å². The summed E-state index contributed by atoms with van der Waals surface area (Å²) in [5.41, 5.74) is 0.0124. The number of nitro groups is 1. The molecule has 0 radical (unpaired) electrons. The molecule has 0 heterocycles. The van der Waals surface area contributed by atoms with Crippen molar-refractivity contribution in [2.24, 2.45) is 0 Å². The first-order chi connectivity index (χ1) is 13.7. The molecule has 4 nitrogen and oxygen atoms in total. The normalized spacial score (nSPS) is 11.3. The van der Waals surface area contributed by atoms with Gasteiger partial charge in [-0.2, -0.15) is 13.2 Å². The fourth-order valence-corrected chi connectivity index (χ4v) is 3.67. The van der Waals surface area contributed by atoms with E-state index < -0.39 is 16.7 Å². The third-order valence-electron chi connectivity index (χ3n) is 3.85. The largest absolute Gasteiger partial charge is 0.456 e. The first-order valence-corrected chi connectivity index (χ1v) is 9.60. The summed E-state index contributed by atoms with van der Waals surface area (Å²) in [6.07, 6.45) is -4.52. The van der Waals surface area contributed by atoms with Crippen LogP contribution in [0.25, 0.3) is 0 Å². The fourth-order valence-electron chi connectivity index (χ4n) is 2.45. The number of alkyl halides is 3. The van der Waals surface area contributed by atoms with Gasteiger partial charge in [-0.05, 0) is 29.8 Å². The van der Waals surface area contributed by atoms with Gasteiger partial charge in [0.1, 0.15) is 11.5 Å². The van der Waals surface area contributed by atoms with Gasteiger partial charge in [0.15, 0.2) is 0 Å². The first kappa shape index (κ1) is 21.0. The number of hydrogen-bond donors (Lipinski definition) is 0. The quantitative estimate of drug-likeness (QED) is 0.229. The molecule has 3 rings (SSSR count). The van der Waals surface area contributed by atoms with Gasteiger partial charge in [0.05, 0.1) is 20.4 Å². The van der Waals surface area contributed by atoms with Crippen molar-refractivity contribution in [3.05, 3.63) is 93.0 Å². The Balaban J connectivity index is 1.84. The topological polar surface area (TPSA) is 52.4 Å². The third-order valence-corrected chi connectivity index (χ3v) is 5.26. The van der Waals surface area contributed by atoms with Gasteiger partial charge in [-0.15, -0.1) is 11.8 Å². The van der Waals surface area contributed by atoms with Crippen LogP contribution in [0.4, 0.5) is 18.9 Å². The van der Waals surface area contributed by atoms with Crippen molar-refractivity contribution in [2.45, 2.75) is 16.8 Å². The molecule has 150 valence electrons. The van der Waals surface area contributed by atoms with Gasteiger partial charge >= 0.3 is 6.18 Å². The highest BCUT2D eigenvalue weighted by atomic mass is 35.5. The summed E-state index contributed by atoms with van der Waals surface area (Å²) in [5, 5.41) is 11.1. The second-order valence-electron chi connectivity index (χ2n) is 5.91. The highest BCUT2D eigenvalue weighted by molar-refractivity contribution is 7.98. The Morgan fingerprint density at radius 1 is 1.03 bits per heavy atom. The monoisotopic (exact) mass is 439 g/mol. The highest BCUT2D eigenvalue weighted by Crippen LogP contribution is 2.39. The molecule has 0 atom stereocenters. The number of thioether (sulfide) groups is 1. The Hall–Kier alpha value is -2.71. The van der Waals surface area contributed by atoms with E-state index in [9.17, 15) is 23.3 Å². The van der Waals surface area contributed by atoms with Crippen LogP contribution in [0.2, 0.25) is 5.02 Å². The van der Waals surface area contributed by atoms with Crippen molar-refractivity contribution in [2.75, 3.05) is 0 Å². The van der Waals surface area contributed by atoms with E-state index >= 15 is 0 Å². The summed E-state index contributed by atoms with van der Waals surface area (Å²) in [6, 6.07) is 16.3. The zero-order valence-electron chi connectivity index (χ0n) is 14.7. The van der Waals surface area contributed by atoms with Crippen LogP contribution in [0.15, 0.2) is 71.6 Å². The second kappa shape index (κ2) is 8.75. The molecule has 3 aromatic carbocycles. The Labute approximate surface area is 173 Å². The number of hydrogen-bond acceptors (Lipinski definition) is 4. The SMILES string of the molecule is O=[N+]([O-])c1ccc(Oc2ccc(C(F)(F)F)cc2Cl)cc1SCc1ccccc1. The Morgan fingerprint density at radius 2 is 1.76 bits per heavy atom. The van der Waals surface area contributed by atoms with Gasteiger partial charge in [0, 0.05) is 17.9 Å². The molecule has 0 N–H and O–H groups in total. The highest BCUT2D eigenvalue weighted by Gasteiger charge is 2.31. The van der Waals surface area contributed by atoms with Gasteiger partial charge in [-0.1, -0.05) is 41.9 Å². The van der Waals surface area contributed by atoms with E-state index in [4.69, 9.17) is 16.3 Å². The number of benzene rings is 3. The Morgan fingerprint density at radius 3 is 2.38 bits per heavy atom. The lowest BCUT2D eigenvalue weighted by atomic mass is 10.2. The van der Waals surface area contributed by atoms with Crippen molar-refractivity contribution in [3.63, 3.8) is 0 Å². The molecule has 0 amide bonds. The predicted molar refractivity (Wildman–Crippen MR) is 106 cm³/mol. The maximum Gasteiger partial charge on any atom is 0.416 e. The molecule has 0 saturated carbocycles. The number of ether oxygens (including phenoxy) is 1. The lowest BCUT2D eigenvalue weighted by molar-refractivity contribution is -0.387. The maximum absolute atomic E-state index is 12.8. The average molecular weight is 440 g/mol. The van der Waals surface area contributed by atoms with Crippen molar-refractivity contribution >= 4 is 29.1 Å². The van der Waals surface area contributed by atoms with Gasteiger partial charge in [0.25, 0.3) is 5.69 Å². The molecule has 0 aliphatic rings. The van der Waals surface area contributed by atoms with E-state index in [2.05, 4.69) is 0 Å². The van der Waals surface area contributed by atoms with Crippen LogP contribution >= 0.6 is 23.4 Å². The summed E-state index contributed by atoms with van der Waals surface area (Å²) in [7, 11) is 0. The molecule has 0 aliphatic heterocycles. The minimum Gasteiger partial charge on any atom is -0.456 e. The molecule has 0 fully saturated rings. The first-order valence-electron chi connectivity index (χ1n) is 8.24. The molecular formula is C20H13ClF3NO3S. The molecule has 0 aliphatic carbocycles. The lowest BCUT2D eigenvalue weighted by Gasteiger charge is -2.12. The second-order valence-corrected chi connectivity index (χ2v) is 7.33. The Bertz CT molecular complexity index is 1030. The third kappa shape index (κ3) is 5.42. The lowest BCUT2D eigenvalue weighted by Crippen LogP contribution is -2.04. The number of rotatable bonds is 6. The van der Waals surface area contributed by atoms with Crippen molar-refractivity contribution < 1.29 is 22.8 Å². The maximum atomic E-state index is 12.8. The molecule has 0 bridgehead atoms. The van der Waals surface area contributed by atoms with E-state index in [1.807, 2.05) is 30.3 Å². The fraction of sp³-hybridized carbons (Fsp3) is 0.100. The van der Waals surface area contributed by atoms with Gasteiger partial charge in [-0.25, -0.2) is 0 Å². The van der Waals surface area contributed by atoms with Crippen LogP contribution in [0.5, 0.6) is 11.5 Å². The van der Waals surface area contributed by atoms with Crippen LogP contribution in [-0.2, 0) is 11.9 Å². The van der Waals surface area contributed by atoms with Gasteiger partial charge < -0.3 is 4.74 Å². The standard InChI is InChI=1S/C20H13ClF3NO3S/c21-16-10-14(20(22,23)24)6-9-18(16)28-15-7-8-17(25(26)27)19(11-15)29-12-13-4-2-1-3-5-13/h1-11H,12H2. The molecular weight excluding hydrogens is 427 g/mol. The summed E-state index contributed by atoms with van der Waals surface area (Å²) in [4.78, 5) is 11.2. The van der Waals surface area contributed by atoms with Gasteiger partial charge in [0.2, 0.25) is 0 Å².